The molecule has 0 fully saturated rings. The lowest BCUT2D eigenvalue weighted by Gasteiger charge is -2.26. The van der Waals surface area contributed by atoms with E-state index >= 15 is 0 Å². The van der Waals surface area contributed by atoms with Crippen LogP contribution in [0.4, 0.5) is 5.69 Å². The number of benzene rings is 2. The predicted octanol–water partition coefficient (Wildman–Crippen LogP) is 5.50. The lowest BCUT2D eigenvalue weighted by Crippen LogP contribution is -2.39. The Hall–Kier alpha value is -1.69. The molecule has 0 radical (unpaired) electrons. The van der Waals surface area contributed by atoms with Crippen LogP contribution in [0, 0.1) is 0 Å². The summed E-state index contributed by atoms with van der Waals surface area (Å²) in [5.74, 6) is -0.401. The summed E-state index contributed by atoms with van der Waals surface area (Å²) in [5, 5.41) is 1.01. The molecule has 4 nitrogen and oxygen atoms in total. The van der Waals surface area contributed by atoms with Gasteiger partial charge in [0.25, 0.3) is 0 Å². The third kappa shape index (κ3) is 4.83. The van der Waals surface area contributed by atoms with E-state index in [9.17, 15) is 9.59 Å². The van der Waals surface area contributed by atoms with Crippen LogP contribution in [0.3, 0.4) is 0 Å². The number of thioether (sulfide) groups is 1. The largest absolute Gasteiger partial charge is 0.459 e. The molecule has 7 heteroatoms. The average molecular weight is 438 g/mol. The number of fused-ring (bicyclic) bond motifs is 1. The molecule has 1 aliphatic rings. The summed E-state index contributed by atoms with van der Waals surface area (Å²) >= 11 is 14.2. The van der Waals surface area contributed by atoms with E-state index in [4.69, 9.17) is 27.9 Å². The summed E-state index contributed by atoms with van der Waals surface area (Å²) in [6, 6.07) is 12.9. The fourth-order valence-corrected chi connectivity index (χ4v) is 4.77. The number of hydrogen-bond acceptors (Lipinski definition) is 4. The quantitative estimate of drug-likeness (QED) is 0.594. The van der Waals surface area contributed by atoms with E-state index < -0.39 is 11.6 Å². The normalized spacial score (nSPS) is 17.1. The molecule has 0 spiro atoms. The lowest BCUT2D eigenvalue weighted by atomic mass is 10.0. The van der Waals surface area contributed by atoms with E-state index in [1.54, 1.807) is 32.9 Å². The van der Waals surface area contributed by atoms with E-state index in [-0.39, 0.29) is 23.5 Å². The van der Waals surface area contributed by atoms with Gasteiger partial charge in [0, 0.05) is 15.7 Å². The van der Waals surface area contributed by atoms with Crippen molar-refractivity contribution < 1.29 is 14.3 Å². The SMILES string of the molecule is CC(C)(C)OC(=O)CN1C(=O)CSC(c2ccccc2Cl)c2cc(Cl)ccc21. The summed E-state index contributed by atoms with van der Waals surface area (Å²) in [6.45, 7) is 5.24. The van der Waals surface area contributed by atoms with Crippen molar-refractivity contribution in [1.29, 1.82) is 0 Å². The summed E-state index contributed by atoms with van der Waals surface area (Å²) in [4.78, 5) is 26.7. The second-order valence-electron chi connectivity index (χ2n) is 7.48. The molecule has 0 saturated carbocycles. The first kappa shape index (κ1) is 21.0. The molecule has 0 N–H and O–H groups in total. The number of nitrogens with zero attached hydrogens (tertiary/aromatic N) is 1. The summed E-state index contributed by atoms with van der Waals surface area (Å²) in [5.41, 5.74) is 1.78. The topological polar surface area (TPSA) is 46.6 Å². The van der Waals surface area contributed by atoms with Crippen LogP contribution < -0.4 is 4.90 Å². The first-order valence-corrected chi connectivity index (χ1v) is 10.6. The molecule has 0 saturated heterocycles. The number of carbonyl (C=O) groups excluding carboxylic acids is 2. The van der Waals surface area contributed by atoms with Crippen molar-refractivity contribution >= 4 is 52.5 Å². The number of hydrogen-bond donors (Lipinski definition) is 0. The van der Waals surface area contributed by atoms with Crippen molar-refractivity contribution in [2.45, 2.75) is 31.6 Å². The number of ether oxygens (including phenoxy) is 1. The number of esters is 1. The zero-order chi connectivity index (χ0) is 20.5. The van der Waals surface area contributed by atoms with E-state index in [1.807, 2.05) is 30.3 Å². The zero-order valence-electron chi connectivity index (χ0n) is 15.9. The molecule has 1 atom stereocenters. The summed E-state index contributed by atoms with van der Waals surface area (Å²) in [7, 11) is 0. The molecule has 148 valence electrons. The van der Waals surface area contributed by atoms with E-state index in [1.165, 1.54) is 16.7 Å². The Labute approximate surface area is 179 Å². The van der Waals surface area contributed by atoms with Crippen molar-refractivity contribution in [1.82, 2.24) is 0 Å². The molecule has 2 aromatic carbocycles. The van der Waals surface area contributed by atoms with Crippen molar-refractivity contribution in [3.8, 4) is 0 Å². The first-order chi connectivity index (χ1) is 13.2. The van der Waals surface area contributed by atoms with Crippen LogP contribution in [0.25, 0.3) is 0 Å². The van der Waals surface area contributed by atoms with Crippen molar-refractivity contribution in [2.75, 3.05) is 17.2 Å². The molecule has 0 aromatic heterocycles. The van der Waals surface area contributed by atoms with Crippen molar-refractivity contribution in [2.24, 2.45) is 0 Å². The highest BCUT2D eigenvalue weighted by molar-refractivity contribution is 8.00. The van der Waals surface area contributed by atoms with Gasteiger partial charge in [0.15, 0.2) is 0 Å². The second-order valence-corrected chi connectivity index (χ2v) is 9.42. The Morgan fingerprint density at radius 2 is 1.89 bits per heavy atom. The Morgan fingerprint density at radius 1 is 1.18 bits per heavy atom. The fraction of sp³-hybridized carbons (Fsp3) is 0.333. The Balaban J connectivity index is 2.03. The minimum absolute atomic E-state index is 0.152. The van der Waals surface area contributed by atoms with Gasteiger partial charge in [-0.3, -0.25) is 9.59 Å². The molecule has 1 heterocycles. The number of halogens is 2. The Kier molecular flexibility index (Phi) is 6.28. The number of amides is 1. The zero-order valence-corrected chi connectivity index (χ0v) is 18.2. The van der Waals surface area contributed by atoms with Gasteiger partial charge >= 0.3 is 5.97 Å². The van der Waals surface area contributed by atoms with Crippen LogP contribution in [0.15, 0.2) is 42.5 Å². The van der Waals surface area contributed by atoms with E-state index in [0.717, 1.165) is 11.1 Å². The van der Waals surface area contributed by atoms with Gasteiger partial charge in [0.1, 0.15) is 12.1 Å². The van der Waals surface area contributed by atoms with Crippen LogP contribution in [-0.2, 0) is 14.3 Å². The second kappa shape index (κ2) is 8.36. The van der Waals surface area contributed by atoms with E-state index in [0.29, 0.717) is 15.7 Å². The van der Waals surface area contributed by atoms with Gasteiger partial charge in [-0.15, -0.1) is 11.8 Å². The first-order valence-electron chi connectivity index (χ1n) is 8.83. The standard InChI is InChI=1S/C21H21Cl2NO3S/c1-21(2,3)27-19(26)11-24-17-9-8-13(22)10-15(17)20(28-12-18(24)25)14-6-4-5-7-16(14)23/h4-10,20H,11-12H2,1-3H3. The maximum atomic E-state index is 12.9. The van der Waals surface area contributed by atoms with Gasteiger partial charge < -0.3 is 9.64 Å². The predicted molar refractivity (Wildman–Crippen MR) is 115 cm³/mol. The van der Waals surface area contributed by atoms with Gasteiger partial charge in [-0.05, 0) is 56.2 Å². The van der Waals surface area contributed by atoms with Gasteiger partial charge in [-0.2, -0.15) is 0 Å². The number of anilines is 1. The van der Waals surface area contributed by atoms with Crippen LogP contribution in [0.1, 0.15) is 37.1 Å². The molecule has 1 unspecified atom stereocenters. The monoisotopic (exact) mass is 437 g/mol. The summed E-state index contributed by atoms with van der Waals surface area (Å²) < 4.78 is 5.41. The maximum absolute atomic E-state index is 12.9. The summed E-state index contributed by atoms with van der Waals surface area (Å²) in [6.07, 6.45) is 0. The van der Waals surface area contributed by atoms with Crippen LogP contribution in [0.5, 0.6) is 0 Å². The van der Waals surface area contributed by atoms with Crippen LogP contribution in [-0.4, -0.2) is 29.8 Å². The third-order valence-corrected chi connectivity index (χ3v) is 5.97. The number of carbonyl (C=O) groups is 2. The molecule has 3 rings (SSSR count). The minimum atomic E-state index is -0.621. The van der Waals surface area contributed by atoms with Crippen LogP contribution >= 0.6 is 35.0 Å². The van der Waals surface area contributed by atoms with Crippen molar-refractivity contribution in [3.05, 3.63) is 63.6 Å². The Bertz CT molecular complexity index is 911. The number of rotatable bonds is 3. The highest BCUT2D eigenvalue weighted by Crippen LogP contribution is 2.46. The molecule has 1 aliphatic heterocycles. The highest BCUT2D eigenvalue weighted by atomic mass is 35.5. The van der Waals surface area contributed by atoms with E-state index in [2.05, 4.69) is 0 Å². The maximum Gasteiger partial charge on any atom is 0.326 e. The van der Waals surface area contributed by atoms with Gasteiger partial charge in [0.2, 0.25) is 5.91 Å². The average Bonchev–Trinajstić information content (AvgIpc) is 2.71. The van der Waals surface area contributed by atoms with Crippen molar-refractivity contribution in [3.63, 3.8) is 0 Å². The molecule has 28 heavy (non-hydrogen) atoms. The fourth-order valence-electron chi connectivity index (χ4n) is 3.06. The smallest absolute Gasteiger partial charge is 0.326 e. The highest BCUT2D eigenvalue weighted by Gasteiger charge is 2.32. The molecule has 2 aromatic rings. The lowest BCUT2D eigenvalue weighted by molar-refractivity contribution is -0.153. The Morgan fingerprint density at radius 3 is 2.57 bits per heavy atom. The molecule has 0 aliphatic carbocycles. The minimum Gasteiger partial charge on any atom is -0.459 e. The molecule has 0 bridgehead atoms. The van der Waals surface area contributed by atoms with Crippen LogP contribution in [0.2, 0.25) is 10.0 Å². The van der Waals surface area contributed by atoms with Gasteiger partial charge in [-0.1, -0.05) is 41.4 Å². The van der Waals surface area contributed by atoms with Gasteiger partial charge in [0.05, 0.1) is 11.0 Å². The van der Waals surface area contributed by atoms with Gasteiger partial charge in [-0.25, -0.2) is 0 Å². The molecular formula is C21H21Cl2NO3S. The molecule has 1 amide bonds. The molecular weight excluding hydrogens is 417 g/mol. The third-order valence-electron chi connectivity index (χ3n) is 4.13.